The smallest absolute Gasteiger partial charge is 0.310 e. The molecule has 154 valence electrons. The lowest BCUT2D eigenvalue weighted by Crippen LogP contribution is -2.54. The van der Waals surface area contributed by atoms with Gasteiger partial charge in [0.15, 0.2) is 0 Å². The molecule has 1 aromatic carbocycles. The number of carbonyl (C=O) groups excluding carboxylic acids is 3. The zero-order valence-corrected chi connectivity index (χ0v) is 17.8. The van der Waals surface area contributed by atoms with Crippen LogP contribution < -0.4 is 5.32 Å². The van der Waals surface area contributed by atoms with Crippen LogP contribution in [0.2, 0.25) is 10.0 Å². The number of nitrogens with one attached hydrogen (secondary N) is 1. The predicted octanol–water partition coefficient (Wildman–Crippen LogP) is 3.55. The first kappa shape index (κ1) is 22.5. The van der Waals surface area contributed by atoms with Crippen LogP contribution >= 0.6 is 23.2 Å². The van der Waals surface area contributed by atoms with Gasteiger partial charge in [-0.25, -0.2) is 0 Å². The van der Waals surface area contributed by atoms with Crippen molar-refractivity contribution in [2.45, 2.75) is 39.7 Å². The van der Waals surface area contributed by atoms with E-state index in [9.17, 15) is 14.4 Å². The highest BCUT2D eigenvalue weighted by atomic mass is 35.5. The number of benzene rings is 1. The van der Waals surface area contributed by atoms with Crippen LogP contribution in [0.3, 0.4) is 0 Å². The van der Waals surface area contributed by atoms with E-state index in [0.717, 1.165) is 6.42 Å². The molecule has 0 spiro atoms. The van der Waals surface area contributed by atoms with E-state index in [0.29, 0.717) is 31.1 Å². The second-order valence-electron chi connectivity index (χ2n) is 7.19. The lowest BCUT2D eigenvalue weighted by molar-refractivity contribution is -0.151. The molecule has 28 heavy (non-hydrogen) atoms. The average molecular weight is 429 g/mol. The lowest BCUT2D eigenvalue weighted by atomic mass is 9.95. The molecule has 0 unspecified atom stereocenters. The molecule has 2 amide bonds. The summed E-state index contributed by atoms with van der Waals surface area (Å²) in [5.41, 5.74) is 0.257. The summed E-state index contributed by atoms with van der Waals surface area (Å²) < 4.78 is 5.09. The van der Waals surface area contributed by atoms with Gasteiger partial charge in [0.2, 0.25) is 5.91 Å². The molecule has 2 rings (SSSR count). The number of esters is 1. The third kappa shape index (κ3) is 5.61. The highest BCUT2D eigenvalue weighted by Crippen LogP contribution is 2.23. The van der Waals surface area contributed by atoms with Crippen molar-refractivity contribution in [1.29, 1.82) is 0 Å². The van der Waals surface area contributed by atoms with Gasteiger partial charge in [-0.05, 0) is 43.9 Å². The van der Waals surface area contributed by atoms with Crippen LogP contribution in [-0.2, 0) is 14.3 Å². The number of ether oxygens (including phenoxy) is 1. The summed E-state index contributed by atoms with van der Waals surface area (Å²) in [6.45, 7) is 6.65. The molecule has 1 aliphatic heterocycles. The number of hydrogen-bond acceptors (Lipinski definition) is 4. The molecule has 0 aromatic heterocycles. The van der Waals surface area contributed by atoms with Gasteiger partial charge in [0.05, 0.1) is 23.1 Å². The molecule has 1 aromatic rings. The topological polar surface area (TPSA) is 75.7 Å². The van der Waals surface area contributed by atoms with E-state index in [-0.39, 0.29) is 34.3 Å². The minimum absolute atomic E-state index is 0.134. The molecular weight excluding hydrogens is 403 g/mol. The van der Waals surface area contributed by atoms with Gasteiger partial charge in [-0.3, -0.25) is 14.4 Å². The SMILES string of the molecule is CCOC(=O)[C@H]1CCCN(C(=O)[C@@H](NC(=O)c2ccc(Cl)cc2Cl)C(C)C)C1. The lowest BCUT2D eigenvalue weighted by Gasteiger charge is -2.35. The van der Waals surface area contributed by atoms with E-state index in [2.05, 4.69) is 5.32 Å². The molecule has 0 bridgehead atoms. The maximum absolute atomic E-state index is 13.1. The number of likely N-dealkylation sites (tertiary alicyclic amines) is 1. The second-order valence-corrected chi connectivity index (χ2v) is 8.04. The third-order valence-corrected chi connectivity index (χ3v) is 5.30. The van der Waals surface area contributed by atoms with Crippen LogP contribution in [0.4, 0.5) is 0 Å². The normalized spacial score (nSPS) is 17.9. The van der Waals surface area contributed by atoms with Crippen molar-refractivity contribution >= 4 is 41.0 Å². The van der Waals surface area contributed by atoms with E-state index >= 15 is 0 Å². The van der Waals surface area contributed by atoms with E-state index in [1.165, 1.54) is 12.1 Å². The van der Waals surface area contributed by atoms with E-state index in [1.807, 2.05) is 13.8 Å². The molecule has 1 heterocycles. The molecular formula is C20H26Cl2N2O4. The minimum atomic E-state index is -0.722. The van der Waals surface area contributed by atoms with Gasteiger partial charge >= 0.3 is 5.97 Å². The summed E-state index contributed by atoms with van der Waals surface area (Å²) in [4.78, 5) is 39.4. The molecule has 1 N–H and O–H groups in total. The first-order valence-corrected chi connectivity index (χ1v) is 10.2. The quantitative estimate of drug-likeness (QED) is 0.702. The fraction of sp³-hybridized carbons (Fsp3) is 0.550. The maximum atomic E-state index is 13.1. The van der Waals surface area contributed by atoms with Gasteiger partial charge in [-0.15, -0.1) is 0 Å². The number of piperidine rings is 1. The summed E-state index contributed by atoms with van der Waals surface area (Å²) in [7, 11) is 0. The van der Waals surface area contributed by atoms with Crippen LogP contribution in [0.25, 0.3) is 0 Å². The number of nitrogens with zero attached hydrogens (tertiary/aromatic N) is 1. The molecule has 8 heteroatoms. The Morgan fingerprint density at radius 3 is 2.61 bits per heavy atom. The Morgan fingerprint density at radius 1 is 1.29 bits per heavy atom. The van der Waals surface area contributed by atoms with Crippen LogP contribution in [-0.4, -0.2) is 48.4 Å². The second kappa shape index (κ2) is 10.1. The first-order chi connectivity index (χ1) is 13.2. The van der Waals surface area contributed by atoms with Gasteiger partial charge in [-0.1, -0.05) is 37.0 Å². The molecule has 1 aliphatic rings. The van der Waals surface area contributed by atoms with E-state index in [1.54, 1.807) is 17.9 Å². The predicted molar refractivity (Wildman–Crippen MR) is 108 cm³/mol. The van der Waals surface area contributed by atoms with Gasteiger partial charge in [-0.2, -0.15) is 0 Å². The minimum Gasteiger partial charge on any atom is -0.466 e. The van der Waals surface area contributed by atoms with Crippen LogP contribution in [0.15, 0.2) is 18.2 Å². The summed E-state index contributed by atoms with van der Waals surface area (Å²) in [6, 6.07) is 3.86. The summed E-state index contributed by atoms with van der Waals surface area (Å²) in [6.07, 6.45) is 1.42. The van der Waals surface area contributed by atoms with Crippen molar-refractivity contribution in [2.75, 3.05) is 19.7 Å². The van der Waals surface area contributed by atoms with Crippen molar-refractivity contribution < 1.29 is 19.1 Å². The number of carbonyl (C=O) groups is 3. The standard InChI is InChI=1S/C20H26Cl2N2O4/c1-4-28-20(27)13-6-5-9-24(11-13)19(26)17(12(2)3)23-18(25)15-8-7-14(21)10-16(15)22/h7-8,10,12-13,17H,4-6,9,11H2,1-3H3,(H,23,25)/t13-,17-/m0/s1. The average Bonchev–Trinajstić information content (AvgIpc) is 2.65. The van der Waals surface area contributed by atoms with Crippen LogP contribution in [0, 0.1) is 11.8 Å². The highest BCUT2D eigenvalue weighted by molar-refractivity contribution is 6.36. The van der Waals surface area contributed by atoms with Crippen molar-refractivity contribution in [1.82, 2.24) is 10.2 Å². The van der Waals surface area contributed by atoms with Crippen LogP contribution in [0.5, 0.6) is 0 Å². The first-order valence-electron chi connectivity index (χ1n) is 9.45. The van der Waals surface area contributed by atoms with E-state index < -0.39 is 11.9 Å². The Balaban J connectivity index is 2.11. The zero-order valence-electron chi connectivity index (χ0n) is 16.3. The molecule has 2 atom stereocenters. The maximum Gasteiger partial charge on any atom is 0.310 e. The van der Waals surface area contributed by atoms with Crippen molar-refractivity contribution in [3.05, 3.63) is 33.8 Å². The largest absolute Gasteiger partial charge is 0.466 e. The Kier molecular flexibility index (Phi) is 8.13. The van der Waals surface area contributed by atoms with Gasteiger partial charge < -0.3 is 15.0 Å². The fourth-order valence-electron chi connectivity index (χ4n) is 3.23. The van der Waals surface area contributed by atoms with Crippen molar-refractivity contribution in [3.63, 3.8) is 0 Å². The molecule has 6 nitrogen and oxygen atoms in total. The fourth-order valence-corrected chi connectivity index (χ4v) is 3.73. The summed E-state index contributed by atoms with van der Waals surface area (Å²) >= 11 is 12.0. The van der Waals surface area contributed by atoms with Crippen molar-refractivity contribution in [2.24, 2.45) is 11.8 Å². The Bertz CT molecular complexity index is 739. The molecule has 0 saturated carbocycles. The monoisotopic (exact) mass is 428 g/mol. The van der Waals surface area contributed by atoms with Gasteiger partial charge in [0.25, 0.3) is 5.91 Å². The molecule has 0 radical (unpaired) electrons. The Labute approximate surface area is 175 Å². The van der Waals surface area contributed by atoms with Gasteiger partial charge in [0.1, 0.15) is 6.04 Å². The Hall–Kier alpha value is -1.79. The summed E-state index contributed by atoms with van der Waals surface area (Å²) in [5, 5.41) is 3.44. The van der Waals surface area contributed by atoms with E-state index in [4.69, 9.17) is 27.9 Å². The van der Waals surface area contributed by atoms with Crippen LogP contribution in [0.1, 0.15) is 44.0 Å². The molecule has 0 aliphatic carbocycles. The summed E-state index contributed by atoms with van der Waals surface area (Å²) in [5.74, 6) is -1.38. The number of halogens is 2. The Morgan fingerprint density at radius 2 is 2.00 bits per heavy atom. The number of rotatable bonds is 6. The molecule has 1 fully saturated rings. The zero-order chi connectivity index (χ0) is 20.8. The molecule has 1 saturated heterocycles. The van der Waals surface area contributed by atoms with Crippen molar-refractivity contribution in [3.8, 4) is 0 Å². The highest BCUT2D eigenvalue weighted by Gasteiger charge is 2.34. The third-order valence-electron chi connectivity index (χ3n) is 4.75. The number of hydrogen-bond donors (Lipinski definition) is 1. The van der Waals surface area contributed by atoms with Gasteiger partial charge in [0, 0.05) is 18.1 Å². The number of amides is 2.